The van der Waals surface area contributed by atoms with Crippen molar-refractivity contribution >= 4 is 35.0 Å². The zero-order chi connectivity index (χ0) is 18.5. The number of hydrogen-bond acceptors (Lipinski definition) is 7. The lowest BCUT2D eigenvalue weighted by Crippen LogP contribution is -2.38. The Morgan fingerprint density at radius 1 is 1.46 bits per heavy atom. The maximum Gasteiger partial charge on any atom is 0.229 e. The highest BCUT2D eigenvalue weighted by atomic mass is 35.5. The van der Waals surface area contributed by atoms with Crippen LogP contribution in [0.5, 0.6) is 0 Å². The lowest BCUT2D eigenvalue weighted by Gasteiger charge is -2.23. The number of nitrogens with zero attached hydrogens (tertiary/aromatic N) is 5. The molecule has 2 aromatic heterocycles. The molecule has 1 saturated heterocycles. The SMILES string of the molecule is CC(=O)N1CCC[C@@H]1CNc1nc(Nc2cnn(CCO)c2)ncc1Cl. The van der Waals surface area contributed by atoms with Crippen molar-refractivity contribution in [3.05, 3.63) is 23.6 Å². The summed E-state index contributed by atoms with van der Waals surface area (Å²) >= 11 is 6.19. The van der Waals surface area contributed by atoms with Crippen LogP contribution in [0.15, 0.2) is 18.6 Å². The summed E-state index contributed by atoms with van der Waals surface area (Å²) in [6.07, 6.45) is 6.88. The molecule has 1 aliphatic rings. The fraction of sp³-hybridized carbons (Fsp3) is 0.500. The first kappa shape index (κ1) is 18.4. The van der Waals surface area contributed by atoms with E-state index < -0.39 is 0 Å². The van der Waals surface area contributed by atoms with Crippen LogP contribution < -0.4 is 10.6 Å². The Hall–Kier alpha value is -2.39. The molecule has 0 unspecified atom stereocenters. The van der Waals surface area contributed by atoms with Gasteiger partial charge in [-0.2, -0.15) is 10.1 Å². The number of aliphatic hydroxyl groups is 1. The fourth-order valence-corrected chi connectivity index (χ4v) is 3.17. The molecule has 0 radical (unpaired) electrons. The van der Waals surface area contributed by atoms with E-state index in [-0.39, 0.29) is 18.6 Å². The standard InChI is InChI=1S/C16H22ClN7O2/c1-11(26)24-4-2-3-13(24)8-18-15-14(17)9-19-16(22-15)21-12-7-20-23(10-12)5-6-25/h7,9-10,13,25H,2-6,8H2,1H3,(H2,18,19,21,22)/t13-/m1/s1. The largest absolute Gasteiger partial charge is 0.394 e. The smallest absolute Gasteiger partial charge is 0.229 e. The summed E-state index contributed by atoms with van der Waals surface area (Å²) in [6, 6.07) is 0.145. The van der Waals surface area contributed by atoms with Gasteiger partial charge in [-0.1, -0.05) is 11.6 Å². The Morgan fingerprint density at radius 2 is 2.31 bits per heavy atom. The van der Waals surface area contributed by atoms with Crippen LogP contribution in [0.3, 0.4) is 0 Å². The van der Waals surface area contributed by atoms with E-state index in [1.165, 1.54) is 6.20 Å². The highest BCUT2D eigenvalue weighted by molar-refractivity contribution is 6.32. The van der Waals surface area contributed by atoms with Crippen molar-refractivity contribution in [3.63, 3.8) is 0 Å². The molecule has 9 nitrogen and oxygen atoms in total. The molecule has 0 spiro atoms. The van der Waals surface area contributed by atoms with Gasteiger partial charge in [0, 0.05) is 32.3 Å². The number of halogens is 1. The number of aliphatic hydroxyl groups excluding tert-OH is 1. The van der Waals surface area contributed by atoms with Gasteiger partial charge in [0.1, 0.15) is 5.02 Å². The molecule has 0 aromatic carbocycles. The zero-order valence-corrected chi connectivity index (χ0v) is 15.3. The van der Waals surface area contributed by atoms with Crippen LogP contribution in [0.1, 0.15) is 19.8 Å². The highest BCUT2D eigenvalue weighted by Gasteiger charge is 2.26. The molecule has 3 N–H and O–H groups in total. The number of nitrogens with one attached hydrogen (secondary N) is 2. The first-order chi connectivity index (χ1) is 12.6. The molecule has 10 heteroatoms. The van der Waals surface area contributed by atoms with E-state index in [1.54, 1.807) is 24.0 Å². The third-order valence-corrected chi connectivity index (χ3v) is 4.53. The normalized spacial score (nSPS) is 16.7. The first-order valence-corrected chi connectivity index (χ1v) is 8.88. The lowest BCUT2D eigenvalue weighted by atomic mass is 10.2. The van der Waals surface area contributed by atoms with Gasteiger partial charge in [-0.15, -0.1) is 0 Å². The monoisotopic (exact) mass is 379 g/mol. The summed E-state index contributed by atoms with van der Waals surface area (Å²) in [5.41, 5.74) is 0.713. The Bertz CT molecular complexity index is 767. The zero-order valence-electron chi connectivity index (χ0n) is 14.5. The van der Waals surface area contributed by atoms with Gasteiger partial charge in [0.25, 0.3) is 0 Å². The predicted octanol–water partition coefficient (Wildman–Crippen LogP) is 1.49. The van der Waals surface area contributed by atoms with E-state index in [0.717, 1.165) is 19.4 Å². The number of rotatable bonds is 7. The second-order valence-electron chi connectivity index (χ2n) is 6.12. The second kappa shape index (κ2) is 8.33. The van der Waals surface area contributed by atoms with Gasteiger partial charge in [-0.25, -0.2) is 4.98 Å². The Kier molecular flexibility index (Phi) is 5.89. The van der Waals surface area contributed by atoms with Crippen molar-refractivity contribution in [2.45, 2.75) is 32.4 Å². The number of hydrogen-bond donors (Lipinski definition) is 3. The molecule has 1 atom stereocenters. The van der Waals surface area contributed by atoms with E-state index in [0.29, 0.717) is 35.6 Å². The summed E-state index contributed by atoms with van der Waals surface area (Å²) in [6.45, 7) is 3.41. The highest BCUT2D eigenvalue weighted by Crippen LogP contribution is 2.23. The number of anilines is 3. The van der Waals surface area contributed by atoms with Gasteiger partial charge in [-0.3, -0.25) is 9.48 Å². The lowest BCUT2D eigenvalue weighted by molar-refractivity contribution is -0.129. The van der Waals surface area contributed by atoms with E-state index >= 15 is 0 Å². The van der Waals surface area contributed by atoms with Crippen LogP contribution >= 0.6 is 11.6 Å². The second-order valence-corrected chi connectivity index (χ2v) is 6.53. The van der Waals surface area contributed by atoms with Gasteiger partial charge >= 0.3 is 0 Å². The fourth-order valence-electron chi connectivity index (χ4n) is 3.01. The Balaban J connectivity index is 1.64. The van der Waals surface area contributed by atoms with Crippen molar-refractivity contribution in [1.29, 1.82) is 0 Å². The van der Waals surface area contributed by atoms with Gasteiger partial charge in [0.05, 0.1) is 31.2 Å². The third-order valence-electron chi connectivity index (χ3n) is 4.25. The maximum atomic E-state index is 11.7. The maximum absolute atomic E-state index is 11.7. The van der Waals surface area contributed by atoms with E-state index in [2.05, 4.69) is 25.7 Å². The van der Waals surface area contributed by atoms with Gasteiger partial charge < -0.3 is 20.6 Å². The molecule has 26 heavy (non-hydrogen) atoms. The molecular formula is C16H22ClN7O2. The van der Waals surface area contributed by atoms with E-state index in [9.17, 15) is 4.79 Å². The molecule has 0 aliphatic carbocycles. The van der Waals surface area contributed by atoms with E-state index in [4.69, 9.17) is 16.7 Å². The van der Waals surface area contributed by atoms with Crippen LogP contribution in [0, 0.1) is 0 Å². The van der Waals surface area contributed by atoms with E-state index in [1.807, 2.05) is 4.90 Å². The van der Waals surface area contributed by atoms with Gasteiger partial charge in [-0.05, 0) is 12.8 Å². The van der Waals surface area contributed by atoms with Crippen LogP contribution in [-0.2, 0) is 11.3 Å². The summed E-state index contributed by atoms with van der Waals surface area (Å²) in [7, 11) is 0. The topological polar surface area (TPSA) is 108 Å². The van der Waals surface area contributed by atoms with Crippen LogP contribution in [0.4, 0.5) is 17.5 Å². The van der Waals surface area contributed by atoms with Crippen LogP contribution in [-0.4, -0.2) is 61.4 Å². The molecule has 0 saturated carbocycles. The minimum absolute atomic E-state index is 0.0189. The first-order valence-electron chi connectivity index (χ1n) is 8.51. The summed E-state index contributed by atoms with van der Waals surface area (Å²) in [5.74, 6) is 0.989. The number of carbonyl (C=O) groups excluding carboxylic acids is 1. The molecule has 140 valence electrons. The van der Waals surface area contributed by atoms with Crippen LogP contribution in [0.25, 0.3) is 0 Å². The van der Waals surface area contributed by atoms with Crippen molar-refractivity contribution in [2.24, 2.45) is 0 Å². The number of aromatic nitrogens is 4. The predicted molar refractivity (Wildman–Crippen MR) is 98.5 cm³/mol. The molecule has 1 aliphatic heterocycles. The van der Waals surface area contributed by atoms with Crippen LogP contribution in [0.2, 0.25) is 5.02 Å². The third kappa shape index (κ3) is 4.41. The van der Waals surface area contributed by atoms with Gasteiger partial charge in [0.2, 0.25) is 11.9 Å². The van der Waals surface area contributed by atoms with Gasteiger partial charge in [0.15, 0.2) is 5.82 Å². The molecule has 3 rings (SSSR count). The van der Waals surface area contributed by atoms with Crippen molar-refractivity contribution in [2.75, 3.05) is 30.3 Å². The molecule has 1 amide bonds. The summed E-state index contributed by atoms with van der Waals surface area (Å²) < 4.78 is 1.62. The molecule has 1 fully saturated rings. The summed E-state index contributed by atoms with van der Waals surface area (Å²) in [5, 5.41) is 19.7. The van der Waals surface area contributed by atoms with Crippen molar-refractivity contribution in [3.8, 4) is 0 Å². The molecule has 0 bridgehead atoms. The quantitative estimate of drug-likeness (QED) is 0.668. The van der Waals surface area contributed by atoms with Crippen molar-refractivity contribution in [1.82, 2.24) is 24.6 Å². The summed E-state index contributed by atoms with van der Waals surface area (Å²) in [4.78, 5) is 22.1. The minimum Gasteiger partial charge on any atom is -0.394 e. The molecule has 2 aromatic rings. The number of amides is 1. The Labute approximate surface area is 156 Å². The number of likely N-dealkylation sites (tertiary alicyclic amines) is 1. The average Bonchev–Trinajstić information content (AvgIpc) is 3.25. The molecule has 3 heterocycles. The Morgan fingerprint density at radius 3 is 3.08 bits per heavy atom. The minimum atomic E-state index is 0.0189. The molecular weight excluding hydrogens is 358 g/mol. The average molecular weight is 380 g/mol. The van der Waals surface area contributed by atoms with Crippen molar-refractivity contribution < 1.29 is 9.90 Å². The number of carbonyl (C=O) groups is 1.